The molecule has 0 aliphatic heterocycles. The largest absolute Gasteiger partial charge is 0.325 e. The highest BCUT2D eigenvalue weighted by atomic mass is 32.2. The number of nitrogens with one attached hydrogen (secondary N) is 1. The Hall–Kier alpha value is -2.40. The Morgan fingerprint density at radius 2 is 1.96 bits per heavy atom. The zero-order chi connectivity index (χ0) is 17.8. The SMILES string of the molecule is Cc1cccc(C(C)C)c1NC(=O)CSc1cnnc2ccccc12. The first-order chi connectivity index (χ1) is 12.1. The smallest absolute Gasteiger partial charge is 0.234 e. The molecule has 3 rings (SSSR count). The van der Waals surface area contributed by atoms with Crippen LogP contribution < -0.4 is 5.32 Å². The van der Waals surface area contributed by atoms with Gasteiger partial charge in [-0.3, -0.25) is 4.79 Å². The van der Waals surface area contributed by atoms with E-state index in [-0.39, 0.29) is 5.91 Å². The van der Waals surface area contributed by atoms with Crippen LogP contribution in [0.2, 0.25) is 0 Å². The van der Waals surface area contributed by atoms with Gasteiger partial charge in [0.25, 0.3) is 0 Å². The summed E-state index contributed by atoms with van der Waals surface area (Å²) in [4.78, 5) is 13.4. The number of aryl methyl sites for hydroxylation is 1. The average Bonchev–Trinajstić information content (AvgIpc) is 2.61. The molecule has 0 fully saturated rings. The molecule has 0 aliphatic rings. The summed E-state index contributed by atoms with van der Waals surface area (Å²) in [5.74, 6) is 0.681. The first-order valence-corrected chi connectivity index (χ1v) is 9.27. The van der Waals surface area contributed by atoms with Gasteiger partial charge in [-0.15, -0.1) is 11.8 Å². The molecule has 0 spiro atoms. The molecule has 2 aromatic carbocycles. The van der Waals surface area contributed by atoms with Crippen LogP contribution in [0.5, 0.6) is 0 Å². The highest BCUT2D eigenvalue weighted by molar-refractivity contribution is 8.00. The molecule has 0 aliphatic carbocycles. The van der Waals surface area contributed by atoms with Crippen LogP contribution in [-0.4, -0.2) is 21.9 Å². The van der Waals surface area contributed by atoms with E-state index in [1.165, 1.54) is 11.8 Å². The van der Waals surface area contributed by atoms with Gasteiger partial charge in [-0.1, -0.05) is 50.2 Å². The van der Waals surface area contributed by atoms with E-state index in [0.717, 1.165) is 32.6 Å². The van der Waals surface area contributed by atoms with Crippen LogP contribution in [0.1, 0.15) is 30.9 Å². The molecular weight excluding hydrogens is 330 g/mol. The van der Waals surface area contributed by atoms with Gasteiger partial charge >= 0.3 is 0 Å². The first kappa shape index (κ1) is 17.4. The Morgan fingerprint density at radius 1 is 1.16 bits per heavy atom. The lowest BCUT2D eigenvalue weighted by atomic mass is 9.98. The summed E-state index contributed by atoms with van der Waals surface area (Å²) in [6.07, 6.45) is 1.72. The summed E-state index contributed by atoms with van der Waals surface area (Å²) < 4.78 is 0. The lowest BCUT2D eigenvalue weighted by Gasteiger charge is -2.16. The number of carbonyl (C=O) groups excluding carboxylic acids is 1. The second kappa shape index (κ2) is 7.66. The van der Waals surface area contributed by atoms with Gasteiger partial charge in [0.15, 0.2) is 0 Å². The van der Waals surface area contributed by atoms with Gasteiger partial charge in [0.2, 0.25) is 5.91 Å². The number of para-hydroxylation sites is 1. The Bertz CT molecular complexity index is 903. The zero-order valence-corrected chi connectivity index (χ0v) is 15.4. The number of nitrogens with zero attached hydrogens (tertiary/aromatic N) is 2. The summed E-state index contributed by atoms with van der Waals surface area (Å²) in [5, 5.41) is 12.2. The van der Waals surface area contributed by atoms with Crippen molar-refractivity contribution in [1.29, 1.82) is 0 Å². The standard InChI is InChI=1S/C20H21N3OS/c1-13(2)15-9-6-7-14(3)20(15)22-19(24)12-25-18-11-21-23-17-10-5-4-8-16(17)18/h4-11,13H,12H2,1-3H3,(H,22,24). The van der Waals surface area contributed by atoms with Crippen LogP contribution in [0.15, 0.2) is 53.6 Å². The van der Waals surface area contributed by atoms with Gasteiger partial charge in [0.05, 0.1) is 17.5 Å². The van der Waals surface area contributed by atoms with Crippen LogP contribution in [0.3, 0.4) is 0 Å². The third-order valence-corrected chi connectivity index (χ3v) is 5.10. The van der Waals surface area contributed by atoms with Gasteiger partial charge in [0.1, 0.15) is 0 Å². The number of thioether (sulfide) groups is 1. The number of rotatable bonds is 5. The fourth-order valence-corrected chi connectivity index (χ4v) is 3.57. The van der Waals surface area contributed by atoms with Crippen LogP contribution in [0.25, 0.3) is 10.9 Å². The Labute approximate surface area is 152 Å². The van der Waals surface area contributed by atoms with E-state index in [1.54, 1.807) is 6.20 Å². The molecular formula is C20H21N3OS. The van der Waals surface area contributed by atoms with Crippen molar-refractivity contribution < 1.29 is 4.79 Å². The van der Waals surface area contributed by atoms with E-state index in [2.05, 4.69) is 35.4 Å². The molecule has 1 N–H and O–H groups in total. The summed E-state index contributed by atoms with van der Waals surface area (Å²) in [5.41, 5.74) is 4.02. The number of amides is 1. The minimum atomic E-state index is -0.0120. The minimum Gasteiger partial charge on any atom is -0.325 e. The molecule has 128 valence electrons. The monoisotopic (exact) mass is 351 g/mol. The van der Waals surface area contributed by atoms with Crippen molar-refractivity contribution in [2.45, 2.75) is 31.6 Å². The quantitative estimate of drug-likeness (QED) is 0.671. The molecule has 0 unspecified atom stereocenters. The number of benzene rings is 2. The lowest BCUT2D eigenvalue weighted by Crippen LogP contribution is -2.16. The van der Waals surface area contributed by atoms with E-state index in [9.17, 15) is 4.79 Å². The topological polar surface area (TPSA) is 54.9 Å². The van der Waals surface area contributed by atoms with Crippen LogP contribution >= 0.6 is 11.8 Å². The molecule has 5 heteroatoms. The molecule has 0 radical (unpaired) electrons. The van der Waals surface area contributed by atoms with Crippen molar-refractivity contribution in [3.8, 4) is 0 Å². The molecule has 0 atom stereocenters. The second-order valence-corrected chi connectivity index (χ2v) is 7.27. The molecule has 1 aromatic heterocycles. The van der Waals surface area contributed by atoms with E-state index < -0.39 is 0 Å². The van der Waals surface area contributed by atoms with Crippen molar-refractivity contribution in [3.63, 3.8) is 0 Å². The van der Waals surface area contributed by atoms with Crippen LogP contribution in [0.4, 0.5) is 5.69 Å². The fraction of sp³-hybridized carbons (Fsp3) is 0.250. The predicted molar refractivity (Wildman–Crippen MR) is 104 cm³/mol. The summed E-state index contributed by atoms with van der Waals surface area (Å²) >= 11 is 1.48. The van der Waals surface area contributed by atoms with Crippen molar-refractivity contribution >= 4 is 34.3 Å². The average molecular weight is 351 g/mol. The second-order valence-electron chi connectivity index (χ2n) is 6.26. The van der Waals surface area contributed by atoms with Crippen LogP contribution in [0, 0.1) is 6.92 Å². The molecule has 3 aromatic rings. The number of carbonyl (C=O) groups is 1. The molecule has 1 heterocycles. The molecule has 0 saturated carbocycles. The van der Waals surface area contributed by atoms with E-state index >= 15 is 0 Å². The highest BCUT2D eigenvalue weighted by Gasteiger charge is 2.13. The van der Waals surface area contributed by atoms with E-state index in [0.29, 0.717) is 11.7 Å². The normalized spacial score (nSPS) is 11.0. The maximum absolute atomic E-state index is 12.5. The van der Waals surface area contributed by atoms with Crippen molar-refractivity contribution in [1.82, 2.24) is 10.2 Å². The minimum absolute atomic E-state index is 0.0120. The van der Waals surface area contributed by atoms with Gasteiger partial charge < -0.3 is 5.32 Å². The van der Waals surface area contributed by atoms with E-state index in [4.69, 9.17) is 0 Å². The number of hydrogen-bond donors (Lipinski definition) is 1. The molecule has 1 amide bonds. The third kappa shape index (κ3) is 3.99. The van der Waals surface area contributed by atoms with Crippen molar-refractivity contribution in [3.05, 3.63) is 59.8 Å². The van der Waals surface area contributed by atoms with E-state index in [1.807, 2.05) is 43.3 Å². The Kier molecular flexibility index (Phi) is 5.34. The lowest BCUT2D eigenvalue weighted by molar-refractivity contribution is -0.113. The number of anilines is 1. The van der Waals surface area contributed by atoms with Crippen LogP contribution in [-0.2, 0) is 4.79 Å². The molecule has 0 bridgehead atoms. The van der Waals surface area contributed by atoms with Gasteiger partial charge in [-0.2, -0.15) is 10.2 Å². The van der Waals surface area contributed by atoms with Crippen molar-refractivity contribution in [2.75, 3.05) is 11.1 Å². The number of aromatic nitrogens is 2. The maximum Gasteiger partial charge on any atom is 0.234 e. The van der Waals surface area contributed by atoms with Crippen molar-refractivity contribution in [2.24, 2.45) is 0 Å². The number of hydrogen-bond acceptors (Lipinski definition) is 4. The Morgan fingerprint density at radius 3 is 2.76 bits per heavy atom. The van der Waals surface area contributed by atoms with Gasteiger partial charge in [-0.25, -0.2) is 0 Å². The first-order valence-electron chi connectivity index (χ1n) is 8.29. The summed E-state index contributed by atoms with van der Waals surface area (Å²) in [6, 6.07) is 14.0. The Balaban J connectivity index is 1.74. The third-order valence-electron chi connectivity index (χ3n) is 4.06. The van der Waals surface area contributed by atoms with Gasteiger partial charge in [0, 0.05) is 16.0 Å². The highest BCUT2D eigenvalue weighted by Crippen LogP contribution is 2.29. The maximum atomic E-state index is 12.5. The molecule has 4 nitrogen and oxygen atoms in total. The summed E-state index contributed by atoms with van der Waals surface area (Å²) in [7, 11) is 0. The summed E-state index contributed by atoms with van der Waals surface area (Å²) in [6.45, 7) is 6.29. The molecule has 25 heavy (non-hydrogen) atoms. The zero-order valence-electron chi connectivity index (χ0n) is 14.6. The molecule has 0 saturated heterocycles. The van der Waals surface area contributed by atoms with Gasteiger partial charge in [-0.05, 0) is 30.0 Å². The number of fused-ring (bicyclic) bond motifs is 1. The predicted octanol–water partition coefficient (Wildman–Crippen LogP) is 4.79. The fourth-order valence-electron chi connectivity index (χ4n) is 2.76.